The minimum absolute atomic E-state index is 0.0262. The van der Waals surface area contributed by atoms with Crippen molar-refractivity contribution < 1.29 is 19.4 Å². The molecule has 6 heteroatoms. The van der Waals surface area contributed by atoms with Crippen molar-refractivity contribution in [2.75, 3.05) is 27.2 Å². The second-order valence-electron chi connectivity index (χ2n) is 6.93. The van der Waals surface area contributed by atoms with Crippen LogP contribution in [0.4, 0.5) is 0 Å². The van der Waals surface area contributed by atoms with E-state index in [1.54, 1.807) is 31.4 Å². The lowest BCUT2D eigenvalue weighted by atomic mass is 10.1. The number of carbonyl (C=O) groups is 2. The van der Waals surface area contributed by atoms with E-state index < -0.39 is 6.10 Å². The summed E-state index contributed by atoms with van der Waals surface area (Å²) in [4.78, 5) is 27.9. The van der Waals surface area contributed by atoms with Gasteiger partial charge in [-0.25, -0.2) is 0 Å². The molecule has 3 rings (SSSR count). The molecule has 0 bridgehead atoms. The molecule has 1 N–H and O–H groups in total. The van der Waals surface area contributed by atoms with Gasteiger partial charge in [-0.05, 0) is 32.2 Å². The molecule has 27 heavy (non-hydrogen) atoms. The molecule has 142 valence electrons. The van der Waals surface area contributed by atoms with Crippen LogP contribution in [0.5, 0.6) is 5.75 Å². The maximum Gasteiger partial charge on any atom is 0.261 e. The van der Waals surface area contributed by atoms with Crippen molar-refractivity contribution in [1.29, 1.82) is 0 Å². The van der Waals surface area contributed by atoms with Crippen LogP contribution in [-0.4, -0.2) is 60.1 Å². The Morgan fingerprint density at radius 1 is 1.11 bits per heavy atom. The lowest BCUT2D eigenvalue weighted by molar-refractivity contribution is 0.0488. The number of aryl methyl sites for hydroxylation is 1. The van der Waals surface area contributed by atoms with Gasteiger partial charge in [-0.2, -0.15) is 0 Å². The van der Waals surface area contributed by atoms with Gasteiger partial charge in [0.15, 0.2) is 0 Å². The lowest BCUT2D eigenvalue weighted by Gasteiger charge is -2.24. The number of likely N-dealkylation sites (N-methyl/N-ethyl adjacent to an activating group) is 1. The van der Waals surface area contributed by atoms with Gasteiger partial charge in [0.05, 0.1) is 30.9 Å². The van der Waals surface area contributed by atoms with Gasteiger partial charge in [-0.15, -0.1) is 0 Å². The molecule has 1 atom stereocenters. The Morgan fingerprint density at radius 3 is 2.33 bits per heavy atom. The molecular weight excluding hydrogens is 344 g/mol. The van der Waals surface area contributed by atoms with Crippen molar-refractivity contribution in [3.63, 3.8) is 0 Å². The standard InChI is InChI=1S/C21H24N2O4/c1-14-8-9-19(27-3)15(10-14)11-22(2)12-16(24)13-23-20(25)17-6-4-5-7-18(17)21(23)26/h4-10,16,24H,11-13H2,1-3H3/t16-/m0/s1. The summed E-state index contributed by atoms with van der Waals surface area (Å²) in [5.74, 6) is 0.0950. The minimum atomic E-state index is -0.840. The van der Waals surface area contributed by atoms with Crippen molar-refractivity contribution in [2.24, 2.45) is 0 Å². The zero-order valence-corrected chi connectivity index (χ0v) is 15.8. The van der Waals surface area contributed by atoms with E-state index in [9.17, 15) is 14.7 Å². The molecule has 6 nitrogen and oxygen atoms in total. The molecule has 0 fully saturated rings. The van der Waals surface area contributed by atoms with E-state index in [1.165, 1.54) is 0 Å². The molecule has 2 aromatic carbocycles. The first-order chi connectivity index (χ1) is 12.9. The Balaban J connectivity index is 1.62. The largest absolute Gasteiger partial charge is 0.496 e. The zero-order valence-electron chi connectivity index (χ0n) is 15.8. The smallest absolute Gasteiger partial charge is 0.261 e. The fraction of sp³-hybridized carbons (Fsp3) is 0.333. The van der Waals surface area contributed by atoms with Crippen molar-refractivity contribution in [3.05, 3.63) is 64.7 Å². The summed E-state index contributed by atoms with van der Waals surface area (Å²) >= 11 is 0. The summed E-state index contributed by atoms with van der Waals surface area (Å²) in [7, 11) is 3.51. The average molecular weight is 368 g/mol. The van der Waals surface area contributed by atoms with Gasteiger partial charge in [0.1, 0.15) is 5.75 Å². The second kappa shape index (κ2) is 7.90. The molecule has 0 radical (unpaired) electrons. The van der Waals surface area contributed by atoms with E-state index in [0.717, 1.165) is 21.8 Å². The molecule has 0 saturated carbocycles. The highest BCUT2D eigenvalue weighted by molar-refractivity contribution is 6.21. The summed E-state index contributed by atoms with van der Waals surface area (Å²) in [6.07, 6.45) is -0.840. The SMILES string of the molecule is COc1ccc(C)cc1CN(C)C[C@H](O)CN1C(=O)c2ccccc2C1=O. The predicted octanol–water partition coefficient (Wildman–Crippen LogP) is 2.09. The summed E-state index contributed by atoms with van der Waals surface area (Å²) in [6.45, 7) is 2.90. The predicted molar refractivity (Wildman–Crippen MR) is 102 cm³/mol. The molecule has 0 saturated heterocycles. The Bertz CT molecular complexity index is 830. The third kappa shape index (κ3) is 4.02. The van der Waals surface area contributed by atoms with E-state index in [-0.39, 0.29) is 18.4 Å². The van der Waals surface area contributed by atoms with E-state index in [0.29, 0.717) is 24.2 Å². The molecule has 1 heterocycles. The van der Waals surface area contributed by atoms with Crippen molar-refractivity contribution in [1.82, 2.24) is 9.80 Å². The molecule has 0 aliphatic carbocycles. The maximum absolute atomic E-state index is 12.4. The number of ether oxygens (including phenoxy) is 1. The number of imide groups is 1. The van der Waals surface area contributed by atoms with Crippen LogP contribution in [0.2, 0.25) is 0 Å². The number of benzene rings is 2. The maximum atomic E-state index is 12.4. The van der Waals surface area contributed by atoms with E-state index in [4.69, 9.17) is 4.74 Å². The number of rotatable bonds is 7. The number of carbonyl (C=O) groups excluding carboxylic acids is 2. The second-order valence-corrected chi connectivity index (χ2v) is 6.93. The average Bonchev–Trinajstić information content (AvgIpc) is 2.87. The van der Waals surface area contributed by atoms with E-state index in [2.05, 4.69) is 0 Å². The third-order valence-corrected chi connectivity index (χ3v) is 4.67. The normalized spacial score (nSPS) is 14.6. The molecule has 1 aliphatic rings. The Morgan fingerprint density at radius 2 is 1.74 bits per heavy atom. The number of amides is 2. The molecule has 0 spiro atoms. The lowest BCUT2D eigenvalue weighted by Crippen LogP contribution is -2.41. The number of nitrogens with zero attached hydrogens (tertiary/aromatic N) is 2. The summed E-state index contributed by atoms with van der Waals surface area (Å²) in [5.41, 5.74) is 2.94. The van der Waals surface area contributed by atoms with Gasteiger partial charge < -0.3 is 9.84 Å². The van der Waals surface area contributed by atoms with Gasteiger partial charge in [0, 0.05) is 18.7 Å². The summed E-state index contributed by atoms with van der Waals surface area (Å²) < 4.78 is 5.39. The summed E-state index contributed by atoms with van der Waals surface area (Å²) in [6, 6.07) is 12.7. The molecule has 0 unspecified atom stereocenters. The first kappa shape index (κ1) is 19.1. The van der Waals surface area contributed by atoms with Gasteiger partial charge in [-0.3, -0.25) is 19.4 Å². The number of fused-ring (bicyclic) bond motifs is 1. The minimum Gasteiger partial charge on any atom is -0.496 e. The Labute approximate surface area is 159 Å². The van der Waals surface area contributed by atoms with Crippen LogP contribution in [0.25, 0.3) is 0 Å². The van der Waals surface area contributed by atoms with Crippen LogP contribution in [0, 0.1) is 6.92 Å². The number of hydrogen-bond acceptors (Lipinski definition) is 5. The monoisotopic (exact) mass is 368 g/mol. The van der Waals surface area contributed by atoms with Crippen LogP contribution < -0.4 is 4.74 Å². The molecule has 2 aromatic rings. The van der Waals surface area contributed by atoms with E-state index >= 15 is 0 Å². The van der Waals surface area contributed by atoms with Crippen LogP contribution in [-0.2, 0) is 6.54 Å². The quantitative estimate of drug-likeness (QED) is 0.758. The third-order valence-electron chi connectivity index (χ3n) is 4.67. The Kier molecular flexibility index (Phi) is 5.58. The fourth-order valence-corrected chi connectivity index (χ4v) is 3.42. The van der Waals surface area contributed by atoms with Gasteiger partial charge in [0.2, 0.25) is 0 Å². The number of methoxy groups -OCH3 is 1. The van der Waals surface area contributed by atoms with Crippen molar-refractivity contribution in [3.8, 4) is 5.75 Å². The molecule has 1 aliphatic heterocycles. The number of β-amino-alcohol motifs (C(OH)–C–C–N with tert-alkyl or cyclic N) is 1. The van der Waals surface area contributed by atoms with Crippen LogP contribution in [0.1, 0.15) is 31.8 Å². The zero-order chi connectivity index (χ0) is 19.6. The van der Waals surface area contributed by atoms with Crippen molar-refractivity contribution >= 4 is 11.8 Å². The van der Waals surface area contributed by atoms with Gasteiger partial charge in [-0.1, -0.05) is 29.8 Å². The van der Waals surface area contributed by atoms with Gasteiger partial charge in [0.25, 0.3) is 11.8 Å². The highest BCUT2D eigenvalue weighted by atomic mass is 16.5. The Hall–Kier alpha value is -2.70. The van der Waals surface area contributed by atoms with Crippen LogP contribution in [0.3, 0.4) is 0 Å². The molecular formula is C21H24N2O4. The first-order valence-electron chi connectivity index (χ1n) is 8.86. The molecule has 0 aromatic heterocycles. The van der Waals surface area contributed by atoms with Gasteiger partial charge >= 0.3 is 0 Å². The number of aliphatic hydroxyl groups excluding tert-OH is 1. The van der Waals surface area contributed by atoms with Crippen LogP contribution in [0.15, 0.2) is 42.5 Å². The van der Waals surface area contributed by atoms with Crippen molar-refractivity contribution in [2.45, 2.75) is 19.6 Å². The number of aliphatic hydroxyl groups is 1. The highest BCUT2D eigenvalue weighted by Gasteiger charge is 2.36. The van der Waals surface area contributed by atoms with Crippen LogP contribution >= 0.6 is 0 Å². The first-order valence-corrected chi connectivity index (χ1v) is 8.86. The fourth-order valence-electron chi connectivity index (χ4n) is 3.42. The summed E-state index contributed by atoms with van der Waals surface area (Å²) in [5, 5.41) is 10.4. The van der Waals surface area contributed by atoms with E-state index in [1.807, 2.05) is 37.1 Å². The highest BCUT2D eigenvalue weighted by Crippen LogP contribution is 2.23. The molecule has 2 amide bonds. The number of hydrogen-bond donors (Lipinski definition) is 1. The topological polar surface area (TPSA) is 70.1 Å².